The van der Waals surface area contributed by atoms with Gasteiger partial charge < -0.3 is 8.83 Å². The number of rotatable bonds is 4. The first-order chi connectivity index (χ1) is 30.5. The Morgan fingerprint density at radius 2 is 0.603 bits per heavy atom. The zero-order valence-electron chi connectivity index (χ0n) is 36.5. The second-order valence-electron chi connectivity index (χ2n) is 19.6. The number of benzene rings is 8. The molecule has 2 heteroatoms. The van der Waals surface area contributed by atoms with E-state index in [2.05, 4.69) is 211 Å². The van der Waals surface area contributed by atoms with Crippen LogP contribution in [0.25, 0.3) is 100 Å². The Kier molecular flexibility index (Phi) is 7.23. The van der Waals surface area contributed by atoms with Crippen molar-refractivity contribution in [3.05, 3.63) is 203 Å². The van der Waals surface area contributed by atoms with E-state index in [1.54, 1.807) is 0 Å². The first kappa shape index (κ1) is 36.5. The van der Waals surface area contributed by atoms with Gasteiger partial charge in [0.05, 0.1) is 0 Å². The molecule has 0 N–H and O–H groups in total. The van der Waals surface area contributed by atoms with Crippen molar-refractivity contribution in [2.75, 3.05) is 0 Å². The Morgan fingerprint density at radius 3 is 0.984 bits per heavy atom. The molecule has 63 heavy (non-hydrogen) atoms. The van der Waals surface area contributed by atoms with Gasteiger partial charge >= 0.3 is 0 Å². The van der Waals surface area contributed by atoms with Crippen molar-refractivity contribution in [3.63, 3.8) is 0 Å². The van der Waals surface area contributed by atoms with E-state index in [9.17, 15) is 0 Å². The molecule has 0 unspecified atom stereocenters. The molecule has 2 nitrogen and oxygen atoms in total. The summed E-state index contributed by atoms with van der Waals surface area (Å²) in [4.78, 5) is 0. The molecule has 0 fully saturated rings. The van der Waals surface area contributed by atoms with Gasteiger partial charge in [-0.05, 0) is 126 Å². The van der Waals surface area contributed by atoms with Crippen LogP contribution in [0.1, 0.15) is 74.9 Å². The molecule has 0 aliphatic heterocycles. The van der Waals surface area contributed by atoms with E-state index < -0.39 is 0 Å². The van der Waals surface area contributed by atoms with E-state index in [0.717, 1.165) is 55.7 Å². The largest absolute Gasteiger partial charge is 0.455 e. The highest BCUT2D eigenvalue weighted by atomic mass is 16.3. The third-order valence-electron chi connectivity index (χ3n) is 15.1. The molecule has 0 bridgehead atoms. The summed E-state index contributed by atoms with van der Waals surface area (Å²) in [6.07, 6.45) is 0. The van der Waals surface area contributed by atoms with Gasteiger partial charge in [-0.1, -0.05) is 163 Å². The predicted octanol–water partition coefficient (Wildman–Crippen LogP) is 16.8. The molecule has 0 saturated carbocycles. The standard InChI is InChI=1S/C61H46O2/c1-59(2)47-29-37(57-55(35-17-9-7-10-18-35)41-21-13-15-23-53(41)62-57)25-27-39(47)43-31-51-45(33-49(43)59)46-34-50-44(32-52(46)61(51,5)6)40-28-26-38(30-48(40)60(50,3)4)58-56(36-19-11-8-12-20-36)42-22-14-16-24-54(42)63-58/h7-34H,1-6H3. The minimum Gasteiger partial charge on any atom is -0.455 e. The van der Waals surface area contributed by atoms with Gasteiger partial charge in [-0.25, -0.2) is 0 Å². The Balaban J connectivity index is 0.915. The number of hydrogen-bond acceptors (Lipinski definition) is 2. The van der Waals surface area contributed by atoms with Gasteiger partial charge in [-0.2, -0.15) is 0 Å². The highest BCUT2D eigenvalue weighted by Gasteiger charge is 2.45. The molecule has 2 heterocycles. The summed E-state index contributed by atoms with van der Waals surface area (Å²) in [6.45, 7) is 14.4. The van der Waals surface area contributed by atoms with E-state index in [0.29, 0.717) is 0 Å². The van der Waals surface area contributed by atoms with Crippen molar-refractivity contribution in [1.82, 2.24) is 0 Å². The van der Waals surface area contributed by atoms with Gasteiger partial charge in [0.15, 0.2) is 0 Å². The summed E-state index contributed by atoms with van der Waals surface area (Å²) < 4.78 is 13.4. The van der Waals surface area contributed by atoms with Crippen molar-refractivity contribution in [2.24, 2.45) is 0 Å². The van der Waals surface area contributed by atoms with Crippen LogP contribution in [0.2, 0.25) is 0 Å². The minimum absolute atomic E-state index is 0.174. The van der Waals surface area contributed by atoms with Crippen molar-refractivity contribution < 1.29 is 8.83 Å². The smallest absolute Gasteiger partial charge is 0.143 e. The molecule has 13 rings (SSSR count). The lowest BCUT2D eigenvalue weighted by atomic mass is 9.78. The van der Waals surface area contributed by atoms with Gasteiger partial charge in [0.25, 0.3) is 0 Å². The first-order valence-corrected chi connectivity index (χ1v) is 22.3. The van der Waals surface area contributed by atoms with Crippen LogP contribution in [0, 0.1) is 0 Å². The Bertz CT molecular complexity index is 3330. The van der Waals surface area contributed by atoms with Crippen LogP contribution in [0.4, 0.5) is 0 Å². The van der Waals surface area contributed by atoms with Crippen LogP contribution in [0.3, 0.4) is 0 Å². The Morgan fingerprint density at radius 1 is 0.286 bits per heavy atom. The van der Waals surface area contributed by atoms with Gasteiger partial charge in [0, 0.05) is 49.3 Å². The Labute approximate surface area is 368 Å². The van der Waals surface area contributed by atoms with Crippen LogP contribution in [0.15, 0.2) is 179 Å². The number of fused-ring (bicyclic) bond motifs is 11. The van der Waals surface area contributed by atoms with Crippen LogP contribution in [0.5, 0.6) is 0 Å². The lowest BCUT2D eigenvalue weighted by molar-refractivity contribution is 0.630. The molecule has 0 radical (unpaired) electrons. The molecule has 0 amide bonds. The molecule has 0 atom stereocenters. The summed E-state index contributed by atoms with van der Waals surface area (Å²) in [5, 5.41) is 2.28. The SMILES string of the molecule is CC1(C)c2cc(-c3oc4ccccc4c3-c3ccccc3)ccc2-c2cc3c(cc21)-c1cc2c(cc1C3(C)C)-c1ccc(-c3oc4ccccc4c3-c3ccccc3)cc1C2(C)C. The summed E-state index contributed by atoms with van der Waals surface area (Å²) in [6, 6.07) is 62.3. The van der Waals surface area contributed by atoms with E-state index in [-0.39, 0.29) is 16.2 Å². The molecule has 0 saturated heterocycles. The summed E-state index contributed by atoms with van der Waals surface area (Å²) >= 11 is 0. The number of para-hydroxylation sites is 2. The van der Waals surface area contributed by atoms with Crippen LogP contribution in [-0.4, -0.2) is 0 Å². The normalized spacial score (nSPS) is 15.5. The highest BCUT2D eigenvalue weighted by Crippen LogP contribution is 2.60. The fourth-order valence-electron chi connectivity index (χ4n) is 11.7. The van der Waals surface area contributed by atoms with E-state index >= 15 is 0 Å². The minimum atomic E-state index is -0.209. The molecule has 302 valence electrons. The lowest BCUT2D eigenvalue weighted by Crippen LogP contribution is -2.17. The maximum atomic E-state index is 6.71. The summed E-state index contributed by atoms with van der Waals surface area (Å²) in [7, 11) is 0. The zero-order valence-corrected chi connectivity index (χ0v) is 36.5. The van der Waals surface area contributed by atoms with E-state index in [4.69, 9.17) is 8.83 Å². The quantitative estimate of drug-likeness (QED) is 0.177. The summed E-state index contributed by atoms with van der Waals surface area (Å²) in [5.41, 5.74) is 24.4. The Hall–Kier alpha value is -7.16. The molecular formula is C61H46O2. The molecule has 8 aromatic carbocycles. The van der Waals surface area contributed by atoms with E-state index in [1.807, 2.05) is 0 Å². The molecule has 3 aliphatic rings. The fraction of sp³-hybridized carbons (Fsp3) is 0.148. The molecule has 10 aromatic rings. The average Bonchev–Trinajstić information content (AvgIpc) is 4.05. The molecule has 0 spiro atoms. The monoisotopic (exact) mass is 810 g/mol. The van der Waals surface area contributed by atoms with Crippen molar-refractivity contribution in [2.45, 2.75) is 57.8 Å². The third kappa shape index (κ3) is 4.90. The fourth-order valence-corrected chi connectivity index (χ4v) is 11.7. The van der Waals surface area contributed by atoms with Crippen LogP contribution >= 0.6 is 0 Å². The summed E-state index contributed by atoms with van der Waals surface area (Å²) in [5.74, 6) is 1.85. The van der Waals surface area contributed by atoms with Crippen LogP contribution in [-0.2, 0) is 16.2 Å². The number of furan rings is 2. The molecule has 2 aromatic heterocycles. The molecule has 3 aliphatic carbocycles. The first-order valence-electron chi connectivity index (χ1n) is 22.3. The second-order valence-corrected chi connectivity index (χ2v) is 19.6. The predicted molar refractivity (Wildman–Crippen MR) is 260 cm³/mol. The zero-order chi connectivity index (χ0) is 42.6. The van der Waals surface area contributed by atoms with Gasteiger partial charge in [-0.15, -0.1) is 0 Å². The highest BCUT2D eigenvalue weighted by molar-refractivity contribution is 6.04. The van der Waals surface area contributed by atoms with Gasteiger partial charge in [0.2, 0.25) is 0 Å². The maximum Gasteiger partial charge on any atom is 0.143 e. The average molecular weight is 811 g/mol. The maximum absolute atomic E-state index is 6.71. The number of hydrogen-bond donors (Lipinski definition) is 0. The van der Waals surface area contributed by atoms with Crippen LogP contribution < -0.4 is 0 Å². The van der Waals surface area contributed by atoms with E-state index in [1.165, 1.54) is 77.9 Å². The molecular weight excluding hydrogens is 765 g/mol. The van der Waals surface area contributed by atoms with Gasteiger partial charge in [0.1, 0.15) is 22.7 Å². The van der Waals surface area contributed by atoms with Crippen molar-refractivity contribution >= 4 is 21.9 Å². The van der Waals surface area contributed by atoms with Gasteiger partial charge in [-0.3, -0.25) is 0 Å². The lowest BCUT2D eigenvalue weighted by Gasteiger charge is -2.25. The second kappa shape index (κ2) is 12.5. The topological polar surface area (TPSA) is 26.3 Å². The van der Waals surface area contributed by atoms with Crippen molar-refractivity contribution in [3.8, 4) is 78.3 Å². The van der Waals surface area contributed by atoms with Crippen molar-refractivity contribution in [1.29, 1.82) is 0 Å². The third-order valence-corrected chi connectivity index (χ3v) is 15.1.